The summed E-state index contributed by atoms with van der Waals surface area (Å²) in [6, 6.07) is 0. The van der Waals surface area contributed by atoms with Gasteiger partial charge >= 0.3 is 0 Å². The third-order valence-electron chi connectivity index (χ3n) is 3.10. The number of aliphatic hydroxyl groups excluding tert-OH is 1. The Morgan fingerprint density at radius 2 is 2.08 bits per heavy atom. The van der Waals surface area contributed by atoms with Crippen molar-refractivity contribution in [1.82, 2.24) is 0 Å². The molecule has 1 fully saturated rings. The zero-order valence-electron chi connectivity index (χ0n) is 8.54. The number of rotatable bonds is 6. The van der Waals surface area contributed by atoms with E-state index in [-0.39, 0.29) is 6.10 Å². The molecule has 0 aromatic carbocycles. The smallest absolute Gasteiger partial charge is 0.0568 e. The molecule has 76 valence electrons. The number of aliphatic hydroxyl groups is 1. The number of hydrogen-bond donors (Lipinski definition) is 1. The number of hydrogen-bond acceptors (Lipinski definition) is 1. The van der Waals surface area contributed by atoms with Crippen LogP contribution in [0.1, 0.15) is 51.4 Å². The maximum Gasteiger partial charge on any atom is 0.0568 e. The molecule has 1 N–H and O–H groups in total. The third kappa shape index (κ3) is 3.95. The Morgan fingerprint density at radius 1 is 1.23 bits per heavy atom. The first-order valence-electron chi connectivity index (χ1n) is 5.63. The molecule has 0 radical (unpaired) electrons. The average molecular weight is 182 g/mol. The predicted octanol–water partition coefficient (Wildman–Crippen LogP) is 3.28. The van der Waals surface area contributed by atoms with Gasteiger partial charge in [-0.15, -0.1) is 6.58 Å². The van der Waals surface area contributed by atoms with E-state index in [2.05, 4.69) is 6.58 Å². The fourth-order valence-corrected chi connectivity index (χ4v) is 2.23. The van der Waals surface area contributed by atoms with E-state index in [0.717, 1.165) is 12.8 Å². The van der Waals surface area contributed by atoms with Crippen LogP contribution < -0.4 is 0 Å². The summed E-state index contributed by atoms with van der Waals surface area (Å²) in [4.78, 5) is 0. The van der Waals surface area contributed by atoms with E-state index in [9.17, 15) is 5.11 Å². The molecule has 0 saturated heterocycles. The summed E-state index contributed by atoms with van der Waals surface area (Å²) in [5.74, 6) is 0.615. The molecular formula is C12H22O. The van der Waals surface area contributed by atoms with Gasteiger partial charge in [0.05, 0.1) is 6.10 Å². The molecule has 0 aliphatic heterocycles. The van der Waals surface area contributed by atoms with Crippen LogP contribution in [0.4, 0.5) is 0 Å². The standard InChI is InChI=1S/C12H22O/c1-2-3-4-5-6-8-11-9-7-10-12(11)13/h2,11-13H,1,3-10H2. The summed E-state index contributed by atoms with van der Waals surface area (Å²) in [6.45, 7) is 3.71. The first-order valence-corrected chi connectivity index (χ1v) is 5.63. The lowest BCUT2D eigenvalue weighted by molar-refractivity contribution is 0.126. The molecule has 0 aromatic rings. The van der Waals surface area contributed by atoms with Crippen LogP contribution >= 0.6 is 0 Å². The average Bonchev–Trinajstić information content (AvgIpc) is 2.52. The maximum atomic E-state index is 9.58. The van der Waals surface area contributed by atoms with Crippen molar-refractivity contribution in [3.8, 4) is 0 Å². The summed E-state index contributed by atoms with van der Waals surface area (Å²) in [5.41, 5.74) is 0. The van der Waals surface area contributed by atoms with Crippen molar-refractivity contribution in [2.75, 3.05) is 0 Å². The quantitative estimate of drug-likeness (QED) is 0.493. The van der Waals surface area contributed by atoms with Gasteiger partial charge in [-0.3, -0.25) is 0 Å². The van der Waals surface area contributed by atoms with Gasteiger partial charge < -0.3 is 5.11 Å². The minimum absolute atomic E-state index is 0.0133. The highest BCUT2D eigenvalue weighted by molar-refractivity contribution is 4.76. The fourth-order valence-electron chi connectivity index (χ4n) is 2.23. The van der Waals surface area contributed by atoms with E-state index in [1.54, 1.807) is 0 Å². The molecule has 13 heavy (non-hydrogen) atoms. The van der Waals surface area contributed by atoms with Gasteiger partial charge in [0, 0.05) is 0 Å². The molecule has 0 spiro atoms. The molecule has 1 aliphatic rings. The van der Waals surface area contributed by atoms with Gasteiger partial charge in [0.15, 0.2) is 0 Å². The SMILES string of the molecule is C=CCCCCCC1CCCC1O. The van der Waals surface area contributed by atoms with E-state index in [0.29, 0.717) is 5.92 Å². The Hall–Kier alpha value is -0.300. The van der Waals surface area contributed by atoms with Crippen molar-refractivity contribution in [3.63, 3.8) is 0 Å². The monoisotopic (exact) mass is 182 g/mol. The fraction of sp³-hybridized carbons (Fsp3) is 0.833. The van der Waals surface area contributed by atoms with Gasteiger partial charge in [-0.05, 0) is 38.0 Å². The van der Waals surface area contributed by atoms with Gasteiger partial charge in [-0.2, -0.15) is 0 Å². The zero-order valence-corrected chi connectivity index (χ0v) is 8.54. The molecule has 1 rings (SSSR count). The minimum Gasteiger partial charge on any atom is -0.393 e. The summed E-state index contributed by atoms with van der Waals surface area (Å²) >= 11 is 0. The minimum atomic E-state index is 0.0133. The van der Waals surface area contributed by atoms with E-state index in [1.165, 1.54) is 38.5 Å². The summed E-state index contributed by atoms with van der Waals surface area (Å²) < 4.78 is 0. The summed E-state index contributed by atoms with van der Waals surface area (Å²) in [7, 11) is 0. The van der Waals surface area contributed by atoms with Crippen molar-refractivity contribution in [3.05, 3.63) is 12.7 Å². The second-order valence-electron chi connectivity index (χ2n) is 4.19. The summed E-state index contributed by atoms with van der Waals surface area (Å²) in [6.07, 6.45) is 11.8. The highest BCUT2D eigenvalue weighted by atomic mass is 16.3. The Balaban J connectivity index is 1.95. The van der Waals surface area contributed by atoms with Crippen molar-refractivity contribution in [2.45, 2.75) is 57.5 Å². The first-order chi connectivity index (χ1) is 6.34. The van der Waals surface area contributed by atoms with Gasteiger partial charge in [0.1, 0.15) is 0 Å². The maximum absolute atomic E-state index is 9.58. The normalized spacial score (nSPS) is 27.8. The van der Waals surface area contributed by atoms with Crippen LogP contribution in [-0.2, 0) is 0 Å². The predicted molar refractivity (Wildman–Crippen MR) is 56.6 cm³/mol. The molecule has 1 aliphatic carbocycles. The van der Waals surface area contributed by atoms with Gasteiger partial charge in [-0.1, -0.05) is 25.3 Å². The van der Waals surface area contributed by atoms with E-state index in [4.69, 9.17) is 0 Å². The lowest BCUT2D eigenvalue weighted by atomic mass is 9.98. The second kappa shape index (κ2) is 6.20. The molecule has 1 nitrogen and oxygen atoms in total. The van der Waals surface area contributed by atoms with Gasteiger partial charge in [-0.25, -0.2) is 0 Å². The molecule has 0 bridgehead atoms. The summed E-state index contributed by atoms with van der Waals surface area (Å²) in [5, 5.41) is 9.58. The molecule has 2 atom stereocenters. The van der Waals surface area contributed by atoms with Crippen LogP contribution in [0.2, 0.25) is 0 Å². The Morgan fingerprint density at radius 3 is 2.69 bits per heavy atom. The Labute approximate surface area is 81.9 Å². The van der Waals surface area contributed by atoms with Crippen LogP contribution in [0.3, 0.4) is 0 Å². The van der Waals surface area contributed by atoms with Crippen LogP contribution in [0, 0.1) is 5.92 Å². The molecule has 1 heteroatoms. The largest absolute Gasteiger partial charge is 0.393 e. The molecule has 0 heterocycles. The lowest BCUT2D eigenvalue weighted by Crippen LogP contribution is -2.12. The third-order valence-corrected chi connectivity index (χ3v) is 3.10. The van der Waals surface area contributed by atoms with E-state index < -0.39 is 0 Å². The first kappa shape index (κ1) is 10.8. The topological polar surface area (TPSA) is 20.2 Å². The van der Waals surface area contributed by atoms with Crippen LogP contribution in [0.25, 0.3) is 0 Å². The highest BCUT2D eigenvalue weighted by Gasteiger charge is 2.23. The highest BCUT2D eigenvalue weighted by Crippen LogP contribution is 2.29. The Kier molecular flexibility index (Phi) is 5.14. The second-order valence-corrected chi connectivity index (χ2v) is 4.19. The van der Waals surface area contributed by atoms with Crippen molar-refractivity contribution < 1.29 is 5.11 Å². The van der Waals surface area contributed by atoms with Crippen molar-refractivity contribution >= 4 is 0 Å². The molecular weight excluding hydrogens is 160 g/mol. The molecule has 0 amide bonds. The van der Waals surface area contributed by atoms with Crippen LogP contribution in [0.5, 0.6) is 0 Å². The van der Waals surface area contributed by atoms with Gasteiger partial charge in [0.2, 0.25) is 0 Å². The number of unbranched alkanes of at least 4 members (excludes halogenated alkanes) is 3. The lowest BCUT2D eigenvalue weighted by Gasteiger charge is -2.13. The zero-order chi connectivity index (χ0) is 9.52. The molecule has 1 saturated carbocycles. The van der Waals surface area contributed by atoms with Crippen molar-refractivity contribution in [1.29, 1.82) is 0 Å². The van der Waals surface area contributed by atoms with Crippen molar-refractivity contribution in [2.24, 2.45) is 5.92 Å². The van der Waals surface area contributed by atoms with Crippen LogP contribution in [-0.4, -0.2) is 11.2 Å². The molecule has 0 aromatic heterocycles. The number of allylic oxidation sites excluding steroid dienone is 1. The van der Waals surface area contributed by atoms with Gasteiger partial charge in [0.25, 0.3) is 0 Å². The van der Waals surface area contributed by atoms with Crippen LogP contribution in [0.15, 0.2) is 12.7 Å². The van der Waals surface area contributed by atoms with E-state index in [1.807, 2.05) is 6.08 Å². The van der Waals surface area contributed by atoms with E-state index >= 15 is 0 Å². The molecule has 2 unspecified atom stereocenters. The Bertz CT molecular complexity index is 142.